The van der Waals surface area contributed by atoms with E-state index in [1.807, 2.05) is 0 Å². The lowest BCUT2D eigenvalue weighted by atomic mass is 9.97. The Hall–Kier alpha value is -2.96. The van der Waals surface area contributed by atoms with Crippen molar-refractivity contribution in [2.45, 2.75) is 70.4 Å². The summed E-state index contributed by atoms with van der Waals surface area (Å²) in [6, 6.07) is 0.0774. The van der Waals surface area contributed by atoms with Gasteiger partial charge < -0.3 is 24.6 Å². The number of halogens is 3. The second kappa shape index (κ2) is 13.6. The molecule has 40 heavy (non-hydrogen) atoms. The molecule has 2 fully saturated rings. The van der Waals surface area contributed by atoms with E-state index in [1.54, 1.807) is 32.6 Å². The van der Waals surface area contributed by atoms with Crippen molar-refractivity contribution >= 4 is 35.6 Å². The summed E-state index contributed by atoms with van der Waals surface area (Å²) in [6.45, 7) is 7.98. The number of ether oxygens (including phenoxy) is 2. The zero-order chi connectivity index (χ0) is 29.6. The van der Waals surface area contributed by atoms with Crippen LogP contribution in [0.5, 0.6) is 0 Å². The molecule has 0 spiro atoms. The van der Waals surface area contributed by atoms with Gasteiger partial charge in [-0.25, -0.2) is 18.0 Å². The van der Waals surface area contributed by atoms with Gasteiger partial charge in [0.1, 0.15) is 11.4 Å². The second-order valence-electron chi connectivity index (χ2n) is 10.8. The fraction of sp³-hybridized carbons (Fsp3) is 0.630. The third kappa shape index (κ3) is 8.52. The average molecular weight is 588 g/mol. The Kier molecular flexibility index (Phi) is 10.7. The van der Waals surface area contributed by atoms with Crippen molar-refractivity contribution < 1.29 is 41.8 Å². The highest BCUT2D eigenvalue weighted by atomic mass is 32.2. The minimum Gasteiger partial charge on any atom is -0.466 e. The fourth-order valence-electron chi connectivity index (χ4n) is 4.64. The van der Waals surface area contributed by atoms with E-state index in [0.29, 0.717) is 50.4 Å². The van der Waals surface area contributed by atoms with Gasteiger partial charge in [0.2, 0.25) is 5.91 Å². The number of nitrogens with zero attached hydrogens (tertiary/aromatic N) is 2. The summed E-state index contributed by atoms with van der Waals surface area (Å²) in [5.74, 6) is -4.36. The lowest BCUT2D eigenvalue weighted by molar-refractivity contribution is -0.151. The molecule has 0 aromatic heterocycles. The molecule has 0 bridgehead atoms. The van der Waals surface area contributed by atoms with Crippen LogP contribution in [0.3, 0.4) is 0 Å². The van der Waals surface area contributed by atoms with Crippen LogP contribution in [-0.4, -0.2) is 82.7 Å². The number of hydrogen-bond acceptors (Lipinski definition) is 7. The molecule has 0 saturated carbocycles. The standard InChI is InChI=1S/C27H36F3N3O6S/c1-5-38-25(36)16-6-8-32(9-7-16)23(35)24-33(10-11-40-24)22(34)14-18(31-26(37)39-27(2,3)4)12-17-13-20(29)21(30)15-19(17)28/h13,15-16,18,24H,5-12,14H2,1-4H3,(H,31,37)/t18-,24?/m1/s1. The smallest absolute Gasteiger partial charge is 0.407 e. The molecular weight excluding hydrogens is 551 g/mol. The van der Waals surface area contributed by atoms with Crippen LogP contribution in [0, 0.1) is 23.4 Å². The van der Waals surface area contributed by atoms with E-state index in [-0.39, 0.29) is 42.7 Å². The summed E-state index contributed by atoms with van der Waals surface area (Å²) >= 11 is 1.31. The molecule has 2 aliphatic heterocycles. The Bertz CT molecular complexity index is 1110. The predicted molar refractivity (Wildman–Crippen MR) is 142 cm³/mol. The minimum absolute atomic E-state index is 0.222. The van der Waals surface area contributed by atoms with E-state index in [4.69, 9.17) is 9.47 Å². The number of esters is 1. The quantitative estimate of drug-likeness (QED) is 0.366. The molecule has 0 radical (unpaired) electrons. The van der Waals surface area contributed by atoms with Gasteiger partial charge in [-0.2, -0.15) is 0 Å². The van der Waals surface area contributed by atoms with Gasteiger partial charge >= 0.3 is 12.1 Å². The number of alkyl carbamates (subject to hydrolysis) is 1. The van der Waals surface area contributed by atoms with Crippen molar-refractivity contribution in [3.63, 3.8) is 0 Å². The number of hydrogen-bond donors (Lipinski definition) is 1. The molecule has 1 N–H and O–H groups in total. The van der Waals surface area contributed by atoms with Gasteiger partial charge in [0.05, 0.1) is 12.5 Å². The van der Waals surface area contributed by atoms with Crippen molar-refractivity contribution in [1.82, 2.24) is 15.1 Å². The van der Waals surface area contributed by atoms with Crippen LogP contribution < -0.4 is 5.32 Å². The molecule has 2 aliphatic rings. The van der Waals surface area contributed by atoms with Crippen LogP contribution in [0.25, 0.3) is 0 Å². The molecule has 3 amide bonds. The van der Waals surface area contributed by atoms with Crippen LogP contribution in [-0.2, 0) is 30.3 Å². The first kappa shape index (κ1) is 31.6. The molecule has 222 valence electrons. The lowest BCUT2D eigenvalue weighted by Crippen LogP contribution is -2.51. The maximum atomic E-state index is 14.4. The number of carbonyl (C=O) groups is 4. The monoisotopic (exact) mass is 587 g/mol. The molecule has 2 saturated heterocycles. The zero-order valence-electron chi connectivity index (χ0n) is 23.1. The molecule has 2 atom stereocenters. The van der Waals surface area contributed by atoms with Crippen molar-refractivity contribution in [2.24, 2.45) is 5.92 Å². The summed E-state index contributed by atoms with van der Waals surface area (Å²) in [7, 11) is 0. The van der Waals surface area contributed by atoms with Gasteiger partial charge in [-0.3, -0.25) is 14.4 Å². The number of rotatable bonds is 8. The Balaban J connectivity index is 1.70. The summed E-state index contributed by atoms with van der Waals surface area (Å²) in [5, 5.41) is 1.75. The number of thioether (sulfide) groups is 1. The highest BCUT2D eigenvalue weighted by molar-refractivity contribution is 8.00. The first-order valence-electron chi connectivity index (χ1n) is 13.3. The van der Waals surface area contributed by atoms with Gasteiger partial charge in [0, 0.05) is 43.9 Å². The Morgan fingerprint density at radius 3 is 2.33 bits per heavy atom. The Labute approximate surface area is 236 Å². The maximum Gasteiger partial charge on any atom is 0.407 e. The molecule has 1 aromatic carbocycles. The number of benzene rings is 1. The van der Waals surface area contributed by atoms with Crippen molar-refractivity contribution in [2.75, 3.05) is 32.0 Å². The maximum absolute atomic E-state index is 14.4. The van der Waals surface area contributed by atoms with Crippen LogP contribution >= 0.6 is 11.8 Å². The Morgan fingerprint density at radius 1 is 1.05 bits per heavy atom. The molecular formula is C27H36F3N3O6S. The second-order valence-corrected chi connectivity index (χ2v) is 12.0. The summed E-state index contributed by atoms with van der Waals surface area (Å²) < 4.78 is 52.0. The Morgan fingerprint density at radius 2 is 1.70 bits per heavy atom. The van der Waals surface area contributed by atoms with Crippen molar-refractivity contribution in [1.29, 1.82) is 0 Å². The normalized spacial score (nSPS) is 18.8. The number of likely N-dealkylation sites (tertiary alicyclic amines) is 1. The van der Waals surface area contributed by atoms with E-state index in [9.17, 15) is 32.3 Å². The molecule has 2 heterocycles. The molecule has 1 unspecified atom stereocenters. The topological polar surface area (TPSA) is 105 Å². The van der Waals surface area contributed by atoms with Gasteiger partial charge in [-0.05, 0) is 58.6 Å². The van der Waals surface area contributed by atoms with Gasteiger partial charge in [-0.1, -0.05) is 0 Å². The molecule has 9 nitrogen and oxygen atoms in total. The number of nitrogens with one attached hydrogen (secondary N) is 1. The van der Waals surface area contributed by atoms with Crippen LogP contribution in [0.1, 0.15) is 52.5 Å². The first-order valence-corrected chi connectivity index (χ1v) is 14.3. The van der Waals surface area contributed by atoms with Crippen molar-refractivity contribution in [3.05, 3.63) is 35.1 Å². The van der Waals surface area contributed by atoms with E-state index < -0.39 is 46.5 Å². The lowest BCUT2D eigenvalue weighted by Gasteiger charge is -2.34. The summed E-state index contributed by atoms with van der Waals surface area (Å²) in [4.78, 5) is 54.3. The van der Waals surface area contributed by atoms with Gasteiger partial charge in [0.15, 0.2) is 17.0 Å². The zero-order valence-corrected chi connectivity index (χ0v) is 24.0. The van der Waals surface area contributed by atoms with E-state index in [1.165, 1.54) is 16.7 Å². The minimum atomic E-state index is -1.35. The van der Waals surface area contributed by atoms with Gasteiger partial charge in [-0.15, -0.1) is 11.8 Å². The van der Waals surface area contributed by atoms with Crippen LogP contribution in [0.4, 0.5) is 18.0 Å². The summed E-state index contributed by atoms with van der Waals surface area (Å²) in [5.41, 5.74) is -1.07. The van der Waals surface area contributed by atoms with Gasteiger partial charge in [0.25, 0.3) is 5.91 Å². The largest absolute Gasteiger partial charge is 0.466 e. The first-order chi connectivity index (χ1) is 18.8. The predicted octanol–water partition coefficient (Wildman–Crippen LogP) is 3.63. The highest BCUT2D eigenvalue weighted by Crippen LogP contribution is 2.29. The van der Waals surface area contributed by atoms with Crippen molar-refractivity contribution in [3.8, 4) is 0 Å². The summed E-state index contributed by atoms with van der Waals surface area (Å²) in [6.07, 6.45) is -0.557. The van der Waals surface area contributed by atoms with E-state index in [2.05, 4.69) is 5.32 Å². The third-order valence-corrected chi connectivity index (χ3v) is 7.74. The molecule has 1 aromatic rings. The van der Waals surface area contributed by atoms with Crippen LogP contribution in [0.2, 0.25) is 0 Å². The van der Waals surface area contributed by atoms with E-state index in [0.717, 1.165) is 0 Å². The van der Waals surface area contributed by atoms with Crippen LogP contribution in [0.15, 0.2) is 12.1 Å². The number of amides is 3. The molecule has 3 rings (SSSR count). The van der Waals surface area contributed by atoms with E-state index >= 15 is 0 Å². The fourth-order valence-corrected chi connectivity index (χ4v) is 5.86. The average Bonchev–Trinajstić information content (AvgIpc) is 3.36. The highest BCUT2D eigenvalue weighted by Gasteiger charge is 2.40. The number of carbonyl (C=O) groups excluding carboxylic acids is 4. The SMILES string of the molecule is CCOC(=O)C1CCN(C(=O)C2SCCN2C(=O)C[C@@H](Cc2cc(F)c(F)cc2F)NC(=O)OC(C)(C)C)CC1. The number of piperidine rings is 1. The molecule has 0 aliphatic carbocycles. The third-order valence-electron chi connectivity index (χ3n) is 6.55. The molecule has 13 heteroatoms.